The zero-order valence-electron chi connectivity index (χ0n) is 17.1. The second-order valence-corrected chi connectivity index (χ2v) is 7.84. The van der Waals surface area contributed by atoms with E-state index in [1.54, 1.807) is 6.07 Å². The molecule has 2 aromatic rings. The van der Waals surface area contributed by atoms with Crippen LogP contribution >= 0.6 is 11.8 Å². The quantitative estimate of drug-likeness (QED) is 0.641. The van der Waals surface area contributed by atoms with Crippen molar-refractivity contribution in [2.45, 2.75) is 33.8 Å². The summed E-state index contributed by atoms with van der Waals surface area (Å²) in [6.07, 6.45) is -0.923. The highest BCUT2D eigenvalue weighted by Crippen LogP contribution is 2.16. The topological polar surface area (TPSA) is 84.5 Å². The van der Waals surface area contributed by atoms with Crippen LogP contribution in [0.4, 0.5) is 11.4 Å². The average molecular weight is 415 g/mol. The summed E-state index contributed by atoms with van der Waals surface area (Å²) in [7, 11) is 0. The van der Waals surface area contributed by atoms with E-state index in [0.717, 1.165) is 34.1 Å². The van der Waals surface area contributed by atoms with Crippen LogP contribution in [0.2, 0.25) is 0 Å². The fourth-order valence-corrected chi connectivity index (χ4v) is 3.21. The van der Waals surface area contributed by atoms with Gasteiger partial charge in [-0.2, -0.15) is 0 Å². The maximum absolute atomic E-state index is 12.1. The zero-order valence-corrected chi connectivity index (χ0v) is 17.9. The van der Waals surface area contributed by atoms with Crippen molar-refractivity contribution in [3.8, 4) is 0 Å². The Balaban J connectivity index is 1.71. The lowest BCUT2D eigenvalue weighted by Crippen LogP contribution is -2.30. The molecule has 0 fully saturated rings. The van der Waals surface area contributed by atoms with Crippen LogP contribution < -0.4 is 10.6 Å². The van der Waals surface area contributed by atoms with Gasteiger partial charge in [-0.25, -0.2) is 0 Å². The second-order valence-electron chi connectivity index (χ2n) is 6.85. The Morgan fingerprint density at radius 1 is 0.966 bits per heavy atom. The third-order valence-electron chi connectivity index (χ3n) is 4.07. The highest BCUT2D eigenvalue weighted by Gasteiger charge is 2.18. The van der Waals surface area contributed by atoms with Crippen LogP contribution in [-0.2, 0) is 19.1 Å². The third-order valence-corrected chi connectivity index (χ3v) is 4.98. The number of hydrogen-bond donors (Lipinski definition) is 2. The highest BCUT2D eigenvalue weighted by molar-refractivity contribution is 8.00. The number of thioether (sulfide) groups is 1. The number of carbonyl (C=O) groups is 3. The molecule has 6 nitrogen and oxygen atoms in total. The van der Waals surface area contributed by atoms with Crippen LogP contribution in [-0.4, -0.2) is 35.4 Å². The predicted octanol–water partition coefficient (Wildman–Crippen LogP) is 3.85. The maximum atomic E-state index is 12.1. The van der Waals surface area contributed by atoms with Gasteiger partial charge >= 0.3 is 5.97 Å². The summed E-state index contributed by atoms with van der Waals surface area (Å²) in [6.45, 7) is 7.35. The molecule has 0 aliphatic carbocycles. The second kappa shape index (κ2) is 10.7. The van der Waals surface area contributed by atoms with E-state index in [1.807, 2.05) is 57.2 Å². The normalized spacial score (nSPS) is 11.4. The molecule has 2 amide bonds. The molecule has 0 saturated carbocycles. The number of nitrogens with one attached hydrogen (secondary N) is 2. The fourth-order valence-electron chi connectivity index (χ4n) is 2.62. The molecule has 0 aromatic heterocycles. The highest BCUT2D eigenvalue weighted by atomic mass is 32.2. The summed E-state index contributed by atoms with van der Waals surface area (Å²) < 4.78 is 5.14. The minimum Gasteiger partial charge on any atom is -0.452 e. The molecule has 0 heterocycles. The Morgan fingerprint density at radius 2 is 1.69 bits per heavy atom. The van der Waals surface area contributed by atoms with Gasteiger partial charge in [0.25, 0.3) is 5.91 Å². The molecule has 0 unspecified atom stereocenters. The van der Waals surface area contributed by atoms with Gasteiger partial charge in [0.05, 0.1) is 11.5 Å². The Kier molecular flexibility index (Phi) is 8.27. The van der Waals surface area contributed by atoms with Crippen LogP contribution in [0.15, 0.2) is 42.5 Å². The Morgan fingerprint density at radius 3 is 2.38 bits per heavy atom. The lowest BCUT2D eigenvalue weighted by atomic mass is 10.1. The van der Waals surface area contributed by atoms with Crippen LogP contribution in [0, 0.1) is 20.8 Å². The van der Waals surface area contributed by atoms with E-state index in [4.69, 9.17) is 4.74 Å². The molecule has 0 bridgehead atoms. The molecule has 1 atom stereocenters. The summed E-state index contributed by atoms with van der Waals surface area (Å²) >= 11 is 1.14. The Labute approximate surface area is 175 Å². The molecule has 2 N–H and O–H groups in total. The molecule has 0 radical (unpaired) electrons. The van der Waals surface area contributed by atoms with Gasteiger partial charge in [-0.1, -0.05) is 29.8 Å². The average Bonchev–Trinajstić information content (AvgIpc) is 2.64. The molecular weight excluding hydrogens is 388 g/mol. The number of esters is 1. The predicted molar refractivity (Wildman–Crippen MR) is 117 cm³/mol. The first-order valence-corrected chi connectivity index (χ1v) is 10.4. The van der Waals surface area contributed by atoms with Gasteiger partial charge in [0.2, 0.25) is 5.91 Å². The van der Waals surface area contributed by atoms with E-state index in [2.05, 4.69) is 10.6 Å². The van der Waals surface area contributed by atoms with E-state index in [1.165, 1.54) is 6.92 Å². The summed E-state index contributed by atoms with van der Waals surface area (Å²) in [6, 6.07) is 13.1. The number of amides is 2. The third kappa shape index (κ3) is 7.62. The number of benzene rings is 2. The van der Waals surface area contributed by atoms with Crippen LogP contribution in [0.1, 0.15) is 23.6 Å². The van der Waals surface area contributed by atoms with Gasteiger partial charge in [-0.05, 0) is 57.0 Å². The molecule has 7 heteroatoms. The molecule has 0 aliphatic rings. The number of ether oxygens (including phenoxy) is 1. The largest absolute Gasteiger partial charge is 0.452 e. The van der Waals surface area contributed by atoms with E-state index < -0.39 is 18.0 Å². The minimum absolute atomic E-state index is 0.0115. The fraction of sp³-hybridized carbons (Fsp3) is 0.318. The van der Waals surface area contributed by atoms with Crippen molar-refractivity contribution in [3.63, 3.8) is 0 Å². The van der Waals surface area contributed by atoms with Crippen LogP contribution in [0.3, 0.4) is 0 Å². The monoisotopic (exact) mass is 414 g/mol. The van der Waals surface area contributed by atoms with E-state index in [-0.39, 0.29) is 17.4 Å². The first-order chi connectivity index (χ1) is 13.7. The maximum Gasteiger partial charge on any atom is 0.316 e. The summed E-state index contributed by atoms with van der Waals surface area (Å²) in [5, 5.41) is 5.54. The SMILES string of the molecule is Cc1cccc(NC(=O)[C@@H](C)OC(=O)CSCC(=O)Nc2ccc(C)cc2C)c1. The first-order valence-electron chi connectivity index (χ1n) is 9.26. The molecule has 29 heavy (non-hydrogen) atoms. The van der Waals surface area contributed by atoms with Crippen molar-refractivity contribution < 1.29 is 19.1 Å². The molecule has 2 rings (SSSR count). The van der Waals surface area contributed by atoms with Gasteiger partial charge in [0.1, 0.15) is 0 Å². The lowest BCUT2D eigenvalue weighted by Gasteiger charge is -2.14. The van der Waals surface area contributed by atoms with Crippen molar-refractivity contribution in [3.05, 3.63) is 59.2 Å². The van der Waals surface area contributed by atoms with Gasteiger partial charge in [0.15, 0.2) is 6.10 Å². The number of hydrogen-bond acceptors (Lipinski definition) is 5. The summed E-state index contributed by atoms with van der Waals surface area (Å²) in [4.78, 5) is 36.1. The summed E-state index contributed by atoms with van der Waals surface area (Å²) in [5.41, 5.74) is 4.53. The zero-order chi connectivity index (χ0) is 21.4. The van der Waals surface area contributed by atoms with Crippen molar-refractivity contribution >= 4 is 40.9 Å². The number of carbonyl (C=O) groups excluding carboxylic acids is 3. The van der Waals surface area contributed by atoms with E-state index in [9.17, 15) is 14.4 Å². The number of rotatable bonds is 8. The van der Waals surface area contributed by atoms with Crippen molar-refractivity contribution in [2.75, 3.05) is 22.1 Å². The lowest BCUT2D eigenvalue weighted by molar-refractivity contribution is -0.150. The molecular formula is C22H26N2O4S. The number of anilines is 2. The molecule has 154 valence electrons. The van der Waals surface area contributed by atoms with Crippen molar-refractivity contribution in [1.82, 2.24) is 0 Å². The van der Waals surface area contributed by atoms with Gasteiger partial charge < -0.3 is 15.4 Å². The standard InChI is InChI=1S/C22H26N2O4S/c1-14-6-5-7-18(11-14)23-22(27)17(4)28-21(26)13-29-12-20(25)24-19-9-8-15(2)10-16(19)3/h5-11,17H,12-13H2,1-4H3,(H,23,27)(H,24,25)/t17-/m1/s1. The first kappa shape index (κ1) is 22.5. The molecule has 2 aromatic carbocycles. The molecule has 0 aliphatic heterocycles. The van der Waals surface area contributed by atoms with Gasteiger partial charge in [-0.3, -0.25) is 14.4 Å². The van der Waals surface area contributed by atoms with E-state index >= 15 is 0 Å². The minimum atomic E-state index is -0.923. The molecule has 0 saturated heterocycles. The van der Waals surface area contributed by atoms with Crippen LogP contribution in [0.25, 0.3) is 0 Å². The van der Waals surface area contributed by atoms with Crippen molar-refractivity contribution in [1.29, 1.82) is 0 Å². The van der Waals surface area contributed by atoms with Gasteiger partial charge in [0, 0.05) is 11.4 Å². The Hall–Kier alpha value is -2.80. The number of aryl methyl sites for hydroxylation is 3. The smallest absolute Gasteiger partial charge is 0.316 e. The van der Waals surface area contributed by atoms with E-state index in [0.29, 0.717) is 5.69 Å². The Bertz CT molecular complexity index is 898. The van der Waals surface area contributed by atoms with Crippen molar-refractivity contribution in [2.24, 2.45) is 0 Å². The van der Waals surface area contributed by atoms with Crippen LogP contribution in [0.5, 0.6) is 0 Å². The van der Waals surface area contributed by atoms with Gasteiger partial charge in [-0.15, -0.1) is 11.8 Å². The molecule has 0 spiro atoms. The summed E-state index contributed by atoms with van der Waals surface area (Å²) in [5.74, 6) is -1.03.